The number of hydrogen-bond donors (Lipinski definition) is 0. The van der Waals surface area contributed by atoms with Crippen LogP contribution in [0.25, 0.3) is 0 Å². The molecule has 4 heteroatoms. The molecule has 0 spiro atoms. The lowest BCUT2D eigenvalue weighted by molar-refractivity contribution is 0.0973. The van der Waals surface area contributed by atoms with Gasteiger partial charge in [-0.05, 0) is 37.1 Å². The number of benzene rings is 2. The first-order chi connectivity index (χ1) is 12.4. The van der Waals surface area contributed by atoms with Gasteiger partial charge in [0.05, 0.1) is 11.1 Å². The second-order valence-corrected chi connectivity index (χ2v) is 6.51. The summed E-state index contributed by atoms with van der Waals surface area (Å²) in [5.41, 5.74) is 2.89. The minimum Gasteiger partial charge on any atom is -0.488 e. The first-order valence-corrected chi connectivity index (χ1v) is 8.30. The van der Waals surface area contributed by atoms with Gasteiger partial charge in [0.1, 0.15) is 24.7 Å². The van der Waals surface area contributed by atoms with Crippen LogP contribution in [0.2, 0.25) is 0 Å². The monoisotopic (exact) mass is 348 g/mol. The van der Waals surface area contributed by atoms with Gasteiger partial charge in [0.15, 0.2) is 5.78 Å². The van der Waals surface area contributed by atoms with E-state index in [1.807, 2.05) is 13.8 Å². The van der Waals surface area contributed by atoms with Gasteiger partial charge >= 0.3 is 0 Å². The van der Waals surface area contributed by atoms with E-state index in [2.05, 4.69) is 13.2 Å². The van der Waals surface area contributed by atoms with Crippen LogP contribution in [0.1, 0.15) is 45.7 Å². The molecular weight excluding hydrogens is 328 g/mol. The summed E-state index contributed by atoms with van der Waals surface area (Å²) < 4.78 is 11.4. The second kappa shape index (κ2) is 7.00. The van der Waals surface area contributed by atoms with Crippen molar-refractivity contribution in [3.05, 3.63) is 83.0 Å². The Balaban J connectivity index is 2.10. The summed E-state index contributed by atoms with van der Waals surface area (Å²) >= 11 is 0. The van der Waals surface area contributed by atoms with Gasteiger partial charge in [-0.25, -0.2) is 0 Å². The molecule has 0 aliphatic heterocycles. The number of carbonyl (C=O) groups is 2. The van der Waals surface area contributed by atoms with E-state index in [9.17, 15) is 9.59 Å². The maximum Gasteiger partial charge on any atom is 0.201 e. The van der Waals surface area contributed by atoms with Crippen LogP contribution in [-0.4, -0.2) is 24.8 Å². The molecule has 2 aromatic rings. The lowest BCUT2D eigenvalue weighted by Crippen LogP contribution is -2.23. The Labute approximate surface area is 152 Å². The molecule has 0 atom stereocenters. The van der Waals surface area contributed by atoms with E-state index in [1.54, 1.807) is 36.4 Å². The largest absolute Gasteiger partial charge is 0.488 e. The van der Waals surface area contributed by atoms with Crippen molar-refractivity contribution in [3.8, 4) is 11.5 Å². The highest BCUT2D eigenvalue weighted by Crippen LogP contribution is 2.37. The molecule has 132 valence electrons. The Morgan fingerprint density at radius 1 is 0.769 bits per heavy atom. The average Bonchev–Trinajstić information content (AvgIpc) is 2.62. The molecular formula is C22H20O4. The normalized spacial score (nSPS) is 12.2. The fraction of sp³-hybridized carbons (Fsp3) is 0.182. The summed E-state index contributed by atoms with van der Waals surface area (Å²) in [5, 5.41) is 0. The zero-order valence-electron chi connectivity index (χ0n) is 14.9. The predicted octanol–water partition coefficient (Wildman–Crippen LogP) is 4.37. The van der Waals surface area contributed by atoms with E-state index < -0.39 is 0 Å². The number of rotatable bonds is 6. The number of fused-ring (bicyclic) bond motifs is 2. The van der Waals surface area contributed by atoms with Gasteiger partial charge in [0.25, 0.3) is 0 Å². The maximum absolute atomic E-state index is 13.2. The molecule has 0 unspecified atom stereocenters. The van der Waals surface area contributed by atoms with Crippen molar-refractivity contribution in [2.75, 3.05) is 13.2 Å². The van der Waals surface area contributed by atoms with E-state index in [0.29, 0.717) is 22.6 Å². The molecule has 1 aliphatic rings. The quantitative estimate of drug-likeness (QED) is 0.621. The highest BCUT2D eigenvalue weighted by Gasteiger charge is 2.34. The average molecular weight is 348 g/mol. The molecule has 0 radical (unpaired) electrons. The van der Waals surface area contributed by atoms with E-state index in [0.717, 1.165) is 11.1 Å². The van der Waals surface area contributed by atoms with E-state index in [1.165, 1.54) is 0 Å². The third kappa shape index (κ3) is 3.18. The Morgan fingerprint density at radius 2 is 1.19 bits per heavy atom. The van der Waals surface area contributed by atoms with E-state index in [-0.39, 0.29) is 35.9 Å². The summed E-state index contributed by atoms with van der Waals surface area (Å²) in [4.78, 5) is 26.2. The van der Waals surface area contributed by atoms with Gasteiger partial charge < -0.3 is 9.47 Å². The SMILES string of the molecule is C=C(C)COc1cccc2c1C(=O)c1c(OCC(=C)C)cccc1C2=O. The van der Waals surface area contributed by atoms with Crippen molar-refractivity contribution in [1.82, 2.24) is 0 Å². The molecule has 0 saturated carbocycles. The van der Waals surface area contributed by atoms with Crippen LogP contribution in [0.5, 0.6) is 11.5 Å². The van der Waals surface area contributed by atoms with Gasteiger partial charge in [-0.2, -0.15) is 0 Å². The maximum atomic E-state index is 13.2. The third-order valence-electron chi connectivity index (χ3n) is 3.94. The van der Waals surface area contributed by atoms with Crippen LogP contribution in [0.4, 0.5) is 0 Å². The molecule has 0 heterocycles. The molecule has 3 rings (SSSR count). The zero-order valence-corrected chi connectivity index (χ0v) is 14.9. The molecule has 0 fully saturated rings. The van der Waals surface area contributed by atoms with Crippen LogP contribution in [-0.2, 0) is 0 Å². The molecule has 2 aromatic carbocycles. The minimum absolute atomic E-state index is 0.212. The van der Waals surface area contributed by atoms with Gasteiger partial charge in [0.2, 0.25) is 5.78 Å². The Bertz CT molecular complexity index is 864. The standard InChI is InChI=1S/C22H20O4/c1-13(2)11-25-17-9-5-7-15-19(17)22(24)20-16(21(15)23)8-6-10-18(20)26-12-14(3)4/h5-10H,1,3,11-12H2,2,4H3. The van der Waals surface area contributed by atoms with Crippen LogP contribution in [0.15, 0.2) is 60.7 Å². The highest BCUT2D eigenvalue weighted by atomic mass is 16.5. The molecule has 4 nitrogen and oxygen atoms in total. The summed E-state index contributed by atoms with van der Waals surface area (Å²) in [6, 6.07) is 10.1. The van der Waals surface area contributed by atoms with Crippen molar-refractivity contribution in [3.63, 3.8) is 0 Å². The number of hydrogen-bond acceptors (Lipinski definition) is 4. The fourth-order valence-electron chi connectivity index (χ4n) is 2.82. The topological polar surface area (TPSA) is 52.6 Å². The number of ether oxygens (including phenoxy) is 2. The number of carbonyl (C=O) groups excluding carboxylic acids is 2. The van der Waals surface area contributed by atoms with Crippen LogP contribution < -0.4 is 9.47 Å². The van der Waals surface area contributed by atoms with Crippen molar-refractivity contribution in [2.45, 2.75) is 13.8 Å². The molecule has 0 N–H and O–H groups in total. The molecule has 0 aromatic heterocycles. The molecule has 0 saturated heterocycles. The Morgan fingerprint density at radius 3 is 1.58 bits per heavy atom. The van der Waals surface area contributed by atoms with Crippen molar-refractivity contribution in [1.29, 1.82) is 0 Å². The molecule has 1 aliphatic carbocycles. The second-order valence-electron chi connectivity index (χ2n) is 6.51. The van der Waals surface area contributed by atoms with Gasteiger partial charge in [-0.15, -0.1) is 0 Å². The smallest absolute Gasteiger partial charge is 0.201 e. The predicted molar refractivity (Wildman–Crippen MR) is 100 cm³/mol. The summed E-state index contributed by atoms with van der Waals surface area (Å²) in [7, 11) is 0. The fourth-order valence-corrected chi connectivity index (χ4v) is 2.82. The van der Waals surface area contributed by atoms with Crippen LogP contribution >= 0.6 is 0 Å². The van der Waals surface area contributed by atoms with Crippen molar-refractivity contribution in [2.24, 2.45) is 0 Å². The van der Waals surface area contributed by atoms with Gasteiger partial charge in [-0.3, -0.25) is 9.59 Å². The number of ketones is 2. The van der Waals surface area contributed by atoms with E-state index >= 15 is 0 Å². The van der Waals surface area contributed by atoms with Crippen molar-refractivity contribution >= 4 is 11.6 Å². The first-order valence-electron chi connectivity index (χ1n) is 8.30. The van der Waals surface area contributed by atoms with Gasteiger partial charge in [-0.1, -0.05) is 37.4 Å². The van der Waals surface area contributed by atoms with Crippen molar-refractivity contribution < 1.29 is 19.1 Å². The van der Waals surface area contributed by atoms with Crippen LogP contribution in [0.3, 0.4) is 0 Å². The lowest BCUT2D eigenvalue weighted by atomic mass is 9.83. The highest BCUT2D eigenvalue weighted by molar-refractivity contribution is 6.30. The summed E-state index contributed by atoms with van der Waals surface area (Å²) in [6.45, 7) is 11.8. The summed E-state index contributed by atoms with van der Waals surface area (Å²) in [5.74, 6) is 0.272. The Hall–Kier alpha value is -3.14. The first kappa shape index (κ1) is 17.7. The molecule has 0 amide bonds. The molecule has 0 bridgehead atoms. The zero-order chi connectivity index (χ0) is 18.8. The lowest BCUT2D eigenvalue weighted by Gasteiger charge is -2.22. The minimum atomic E-state index is -0.274. The summed E-state index contributed by atoms with van der Waals surface area (Å²) in [6.07, 6.45) is 0. The Kier molecular flexibility index (Phi) is 4.76. The van der Waals surface area contributed by atoms with E-state index in [4.69, 9.17) is 9.47 Å². The van der Waals surface area contributed by atoms with Gasteiger partial charge in [0, 0.05) is 11.1 Å². The molecule has 26 heavy (non-hydrogen) atoms. The van der Waals surface area contributed by atoms with Crippen LogP contribution in [0, 0.1) is 0 Å². The third-order valence-corrected chi connectivity index (χ3v) is 3.94.